The summed E-state index contributed by atoms with van der Waals surface area (Å²) in [7, 11) is 3.13. The normalized spacial score (nSPS) is 15.9. The Balaban J connectivity index is 1.50. The minimum Gasteiger partial charge on any atom is -0.493 e. The molecule has 8 nitrogen and oxygen atoms in total. The minimum absolute atomic E-state index is 0.00566. The number of ether oxygens (including phenoxy) is 3. The Morgan fingerprint density at radius 2 is 1.72 bits per heavy atom. The molecule has 0 bridgehead atoms. The van der Waals surface area contributed by atoms with E-state index in [1.807, 2.05) is 48.5 Å². The average molecular weight is 490 g/mol. The highest BCUT2D eigenvalue weighted by atomic mass is 16.5. The van der Waals surface area contributed by atoms with Crippen LogP contribution in [0.2, 0.25) is 0 Å². The van der Waals surface area contributed by atoms with Gasteiger partial charge in [-0.1, -0.05) is 42.5 Å². The fraction of sp³-hybridized carbons (Fsp3) is 0.321. The second-order valence-electron chi connectivity index (χ2n) is 8.69. The first-order valence-electron chi connectivity index (χ1n) is 11.9. The summed E-state index contributed by atoms with van der Waals surface area (Å²) in [6.07, 6.45) is 3.27. The first-order chi connectivity index (χ1) is 17.6. The van der Waals surface area contributed by atoms with Gasteiger partial charge in [0, 0.05) is 32.0 Å². The lowest BCUT2D eigenvalue weighted by molar-refractivity contribution is -0.138. The molecule has 1 saturated heterocycles. The van der Waals surface area contributed by atoms with Crippen LogP contribution in [0, 0.1) is 0 Å². The Kier molecular flexibility index (Phi) is 8.52. The second-order valence-corrected chi connectivity index (χ2v) is 8.69. The van der Waals surface area contributed by atoms with E-state index < -0.39 is 0 Å². The summed E-state index contributed by atoms with van der Waals surface area (Å²) in [6.45, 7) is 1.54. The van der Waals surface area contributed by atoms with Crippen molar-refractivity contribution in [1.29, 1.82) is 0 Å². The van der Waals surface area contributed by atoms with Crippen LogP contribution >= 0.6 is 0 Å². The number of carbonyl (C=O) groups excluding carboxylic acids is 2. The molecule has 0 N–H and O–H groups in total. The van der Waals surface area contributed by atoms with Gasteiger partial charge >= 0.3 is 0 Å². The van der Waals surface area contributed by atoms with E-state index in [9.17, 15) is 9.59 Å². The quantitative estimate of drug-likeness (QED) is 0.460. The molecule has 2 amide bonds. The van der Waals surface area contributed by atoms with Crippen LogP contribution < -0.4 is 9.47 Å². The van der Waals surface area contributed by atoms with E-state index >= 15 is 0 Å². The standard InChI is InChI=1S/C28H31N3O5/c1-34-25-11-10-22(13-26(25)35-2)14-27(32)31-18-24(36-20-23-9-6-12-29-15-23)17-30(28(33)19-31)16-21-7-4-3-5-8-21/h3-13,15,24H,14,16-20H2,1-2H3/t24-/m0/s1. The maximum atomic E-state index is 13.3. The number of aromatic nitrogens is 1. The number of hydrogen-bond donors (Lipinski definition) is 0. The SMILES string of the molecule is COc1ccc(CC(=O)N2CC(=O)N(Cc3ccccc3)C[C@H](OCc3cccnc3)C2)cc1OC. The van der Waals surface area contributed by atoms with E-state index in [0.717, 1.165) is 16.7 Å². The molecule has 1 fully saturated rings. The lowest BCUT2D eigenvalue weighted by atomic mass is 10.1. The van der Waals surface area contributed by atoms with Gasteiger partial charge in [0.05, 0.1) is 39.9 Å². The fourth-order valence-corrected chi connectivity index (χ4v) is 4.21. The van der Waals surface area contributed by atoms with Crippen LogP contribution in [0.4, 0.5) is 0 Å². The molecular formula is C28H31N3O5. The van der Waals surface area contributed by atoms with Crippen molar-refractivity contribution in [3.8, 4) is 11.5 Å². The summed E-state index contributed by atoms with van der Waals surface area (Å²) >= 11 is 0. The molecule has 1 aliphatic heterocycles. The van der Waals surface area contributed by atoms with E-state index in [1.165, 1.54) is 0 Å². The van der Waals surface area contributed by atoms with E-state index in [4.69, 9.17) is 14.2 Å². The maximum Gasteiger partial charge on any atom is 0.242 e. The zero-order valence-corrected chi connectivity index (χ0v) is 20.6. The van der Waals surface area contributed by atoms with Crippen molar-refractivity contribution in [2.45, 2.75) is 25.7 Å². The number of methoxy groups -OCH3 is 2. The highest BCUT2D eigenvalue weighted by Gasteiger charge is 2.31. The Bertz CT molecular complexity index is 1160. The van der Waals surface area contributed by atoms with Crippen LogP contribution in [0.15, 0.2) is 73.1 Å². The number of hydrogen-bond acceptors (Lipinski definition) is 6. The Hall–Kier alpha value is -3.91. The molecule has 1 aromatic heterocycles. The van der Waals surface area contributed by atoms with Crippen LogP contribution in [-0.2, 0) is 33.9 Å². The molecular weight excluding hydrogens is 458 g/mol. The van der Waals surface area contributed by atoms with Crippen molar-refractivity contribution in [3.05, 3.63) is 89.7 Å². The highest BCUT2D eigenvalue weighted by molar-refractivity contribution is 5.86. The van der Waals surface area contributed by atoms with Gasteiger partial charge < -0.3 is 24.0 Å². The zero-order chi connectivity index (χ0) is 25.3. The molecule has 188 valence electrons. The van der Waals surface area contributed by atoms with Crippen molar-refractivity contribution in [2.75, 3.05) is 33.9 Å². The van der Waals surface area contributed by atoms with Gasteiger partial charge in [-0.2, -0.15) is 0 Å². The lowest BCUT2D eigenvalue weighted by Crippen LogP contribution is -2.40. The predicted octanol–water partition coefficient (Wildman–Crippen LogP) is 3.10. The molecule has 36 heavy (non-hydrogen) atoms. The van der Waals surface area contributed by atoms with Crippen molar-refractivity contribution < 1.29 is 23.8 Å². The molecule has 0 unspecified atom stereocenters. The van der Waals surface area contributed by atoms with E-state index in [2.05, 4.69) is 4.98 Å². The monoisotopic (exact) mass is 489 g/mol. The summed E-state index contributed by atoms with van der Waals surface area (Å²) < 4.78 is 16.9. The van der Waals surface area contributed by atoms with Gasteiger partial charge in [0.15, 0.2) is 11.5 Å². The number of benzene rings is 2. The van der Waals surface area contributed by atoms with Gasteiger partial charge in [-0.3, -0.25) is 14.6 Å². The molecule has 0 radical (unpaired) electrons. The lowest BCUT2D eigenvalue weighted by Gasteiger charge is -2.25. The number of amides is 2. The average Bonchev–Trinajstić information content (AvgIpc) is 3.07. The molecule has 0 spiro atoms. The van der Waals surface area contributed by atoms with Gasteiger partial charge in [0.2, 0.25) is 11.8 Å². The molecule has 3 aromatic rings. The summed E-state index contributed by atoms with van der Waals surface area (Å²) in [5, 5.41) is 0. The summed E-state index contributed by atoms with van der Waals surface area (Å²) in [4.78, 5) is 34.0. The molecule has 4 rings (SSSR count). The largest absolute Gasteiger partial charge is 0.493 e. The van der Waals surface area contributed by atoms with Gasteiger partial charge in [-0.25, -0.2) is 0 Å². The van der Waals surface area contributed by atoms with Crippen molar-refractivity contribution in [3.63, 3.8) is 0 Å². The smallest absolute Gasteiger partial charge is 0.242 e. The Morgan fingerprint density at radius 1 is 0.944 bits per heavy atom. The van der Waals surface area contributed by atoms with Gasteiger partial charge in [-0.15, -0.1) is 0 Å². The van der Waals surface area contributed by atoms with Crippen molar-refractivity contribution >= 4 is 11.8 Å². The van der Waals surface area contributed by atoms with Crippen molar-refractivity contribution in [1.82, 2.24) is 14.8 Å². The third kappa shape index (κ3) is 6.60. The first-order valence-corrected chi connectivity index (χ1v) is 11.9. The number of rotatable bonds is 9. The maximum absolute atomic E-state index is 13.3. The minimum atomic E-state index is -0.338. The van der Waals surface area contributed by atoms with Crippen LogP contribution in [0.1, 0.15) is 16.7 Å². The van der Waals surface area contributed by atoms with Crippen LogP contribution in [0.25, 0.3) is 0 Å². The van der Waals surface area contributed by atoms with Gasteiger partial charge in [0.25, 0.3) is 0 Å². The number of carbonyl (C=O) groups is 2. The second kappa shape index (κ2) is 12.2. The molecule has 0 aliphatic carbocycles. The van der Waals surface area contributed by atoms with Crippen molar-refractivity contribution in [2.24, 2.45) is 0 Å². The highest BCUT2D eigenvalue weighted by Crippen LogP contribution is 2.28. The van der Waals surface area contributed by atoms with Crippen LogP contribution in [0.3, 0.4) is 0 Å². The molecule has 1 atom stereocenters. The van der Waals surface area contributed by atoms with E-state index in [-0.39, 0.29) is 30.9 Å². The Labute approximate surface area is 211 Å². The molecule has 2 aromatic carbocycles. The van der Waals surface area contributed by atoms with Crippen LogP contribution in [-0.4, -0.2) is 66.6 Å². The Morgan fingerprint density at radius 3 is 2.44 bits per heavy atom. The predicted molar refractivity (Wildman–Crippen MR) is 135 cm³/mol. The zero-order valence-electron chi connectivity index (χ0n) is 20.6. The molecule has 8 heteroatoms. The molecule has 2 heterocycles. The van der Waals surface area contributed by atoms with Gasteiger partial charge in [-0.05, 0) is 34.9 Å². The van der Waals surface area contributed by atoms with E-state index in [0.29, 0.717) is 37.7 Å². The summed E-state index contributed by atoms with van der Waals surface area (Å²) in [5.41, 5.74) is 2.75. The summed E-state index contributed by atoms with van der Waals surface area (Å²) in [5.74, 6) is 0.902. The number of pyridine rings is 1. The van der Waals surface area contributed by atoms with E-state index in [1.54, 1.807) is 48.5 Å². The molecule has 0 saturated carbocycles. The first kappa shape index (κ1) is 25.2. The summed E-state index contributed by atoms with van der Waals surface area (Å²) in [6, 6.07) is 19.0. The van der Waals surface area contributed by atoms with Gasteiger partial charge in [0.1, 0.15) is 0 Å². The molecule has 1 aliphatic rings. The third-order valence-corrected chi connectivity index (χ3v) is 6.11. The topological polar surface area (TPSA) is 81.2 Å². The number of nitrogens with zero attached hydrogens (tertiary/aromatic N) is 3. The van der Waals surface area contributed by atoms with Crippen LogP contribution in [0.5, 0.6) is 11.5 Å². The fourth-order valence-electron chi connectivity index (χ4n) is 4.21. The third-order valence-electron chi connectivity index (χ3n) is 6.11.